The lowest BCUT2D eigenvalue weighted by atomic mass is 9.95. The van der Waals surface area contributed by atoms with E-state index in [2.05, 4.69) is 66.9 Å². The molecule has 30 heavy (non-hydrogen) atoms. The highest BCUT2D eigenvalue weighted by Crippen LogP contribution is 2.33. The molecule has 3 rings (SSSR count). The Morgan fingerprint density at radius 2 is 1.93 bits per heavy atom. The van der Waals surface area contributed by atoms with Gasteiger partial charge in [-0.2, -0.15) is 0 Å². The van der Waals surface area contributed by atoms with Gasteiger partial charge in [-0.3, -0.25) is 0 Å². The molecule has 2 atom stereocenters. The number of hydrogen-bond acceptors (Lipinski definition) is 3. The molecule has 0 aliphatic carbocycles. The number of halogens is 1. The van der Waals surface area contributed by atoms with Crippen LogP contribution in [0.4, 0.5) is 0 Å². The predicted octanol–water partition coefficient (Wildman–Crippen LogP) is 4.84. The summed E-state index contributed by atoms with van der Waals surface area (Å²) in [4.78, 5) is 4.79. The lowest BCUT2D eigenvalue weighted by Gasteiger charge is -2.21. The molecule has 0 amide bonds. The molecule has 2 aromatic rings. The van der Waals surface area contributed by atoms with Gasteiger partial charge in [0.1, 0.15) is 5.75 Å². The van der Waals surface area contributed by atoms with Crippen molar-refractivity contribution in [2.45, 2.75) is 39.8 Å². The van der Waals surface area contributed by atoms with Gasteiger partial charge in [-0.25, -0.2) is 4.99 Å². The molecule has 2 unspecified atom stereocenters. The van der Waals surface area contributed by atoms with Crippen molar-refractivity contribution in [2.24, 2.45) is 10.9 Å². The average Bonchev–Trinajstić information content (AvgIpc) is 3.21. The van der Waals surface area contributed by atoms with E-state index in [1.54, 1.807) is 0 Å². The second-order valence-corrected chi connectivity index (χ2v) is 7.37. The normalized spacial score (nSPS) is 18.6. The Kier molecular flexibility index (Phi) is 10.4. The molecular formula is C24H34IN3O2. The molecule has 0 radical (unpaired) electrons. The third-order valence-electron chi connectivity index (χ3n) is 5.15. The summed E-state index contributed by atoms with van der Waals surface area (Å²) in [5, 5.41) is 6.87. The first kappa shape index (κ1) is 24.5. The highest BCUT2D eigenvalue weighted by Gasteiger charge is 2.29. The standard InChI is InChI=1S/C24H33N3O2.HI/c1-4-25-24(26-16-20-12-11-18(3)15-22(20)28-5-2)27-17-21-13-14-29-23(21)19-9-7-6-8-10-19;/h6-12,15,21,23H,4-5,13-14,16-17H2,1-3H3,(H2,25,26,27);1H. The van der Waals surface area contributed by atoms with Crippen LogP contribution >= 0.6 is 24.0 Å². The van der Waals surface area contributed by atoms with E-state index < -0.39 is 0 Å². The van der Waals surface area contributed by atoms with Crippen LogP contribution in [0.25, 0.3) is 0 Å². The van der Waals surface area contributed by atoms with Crippen LogP contribution in [0.15, 0.2) is 53.5 Å². The maximum Gasteiger partial charge on any atom is 0.191 e. The van der Waals surface area contributed by atoms with Gasteiger partial charge in [0, 0.05) is 31.2 Å². The molecule has 0 spiro atoms. The van der Waals surface area contributed by atoms with E-state index >= 15 is 0 Å². The van der Waals surface area contributed by atoms with Gasteiger partial charge in [0.05, 0.1) is 19.3 Å². The number of hydrogen-bond donors (Lipinski definition) is 2. The predicted molar refractivity (Wildman–Crippen MR) is 134 cm³/mol. The first-order valence-corrected chi connectivity index (χ1v) is 10.6. The fraction of sp³-hybridized carbons (Fsp3) is 0.458. The number of aliphatic imine (C=N–C) groups is 1. The van der Waals surface area contributed by atoms with Crippen LogP contribution in [0.1, 0.15) is 43.1 Å². The minimum Gasteiger partial charge on any atom is -0.494 e. The summed E-state index contributed by atoms with van der Waals surface area (Å²) < 4.78 is 11.8. The van der Waals surface area contributed by atoms with E-state index in [0.29, 0.717) is 19.1 Å². The summed E-state index contributed by atoms with van der Waals surface area (Å²) in [6, 6.07) is 16.8. The fourth-order valence-corrected chi connectivity index (χ4v) is 3.67. The molecule has 2 aromatic carbocycles. The van der Waals surface area contributed by atoms with E-state index in [1.165, 1.54) is 11.1 Å². The smallest absolute Gasteiger partial charge is 0.191 e. The molecule has 2 N–H and O–H groups in total. The Bertz CT molecular complexity index is 798. The number of benzene rings is 2. The van der Waals surface area contributed by atoms with Gasteiger partial charge in [-0.05, 0) is 44.4 Å². The van der Waals surface area contributed by atoms with Crippen LogP contribution in [-0.4, -0.2) is 32.3 Å². The second-order valence-electron chi connectivity index (χ2n) is 7.37. The molecular weight excluding hydrogens is 489 g/mol. The molecule has 164 valence electrons. The average molecular weight is 523 g/mol. The van der Waals surface area contributed by atoms with Crippen molar-refractivity contribution in [3.8, 4) is 5.75 Å². The Morgan fingerprint density at radius 3 is 2.67 bits per heavy atom. The van der Waals surface area contributed by atoms with Gasteiger partial charge < -0.3 is 20.1 Å². The summed E-state index contributed by atoms with van der Waals surface area (Å²) in [6.07, 6.45) is 1.20. The minimum absolute atomic E-state index is 0. The van der Waals surface area contributed by atoms with E-state index in [-0.39, 0.29) is 30.1 Å². The van der Waals surface area contributed by atoms with E-state index in [1.807, 2.05) is 13.0 Å². The van der Waals surface area contributed by atoms with E-state index in [0.717, 1.165) is 43.4 Å². The molecule has 0 bridgehead atoms. The minimum atomic E-state index is 0. The first-order valence-electron chi connectivity index (χ1n) is 10.6. The quantitative estimate of drug-likeness (QED) is 0.295. The summed E-state index contributed by atoms with van der Waals surface area (Å²) in [5.74, 6) is 2.18. The molecule has 1 saturated heterocycles. The number of nitrogens with one attached hydrogen (secondary N) is 2. The van der Waals surface area contributed by atoms with Crippen LogP contribution in [0.5, 0.6) is 5.75 Å². The summed E-state index contributed by atoms with van der Waals surface area (Å²) in [5.41, 5.74) is 3.54. The van der Waals surface area contributed by atoms with Crippen LogP contribution < -0.4 is 15.4 Å². The van der Waals surface area contributed by atoms with Crippen LogP contribution in [-0.2, 0) is 11.3 Å². The van der Waals surface area contributed by atoms with Crippen LogP contribution in [0.2, 0.25) is 0 Å². The zero-order valence-electron chi connectivity index (χ0n) is 18.2. The third kappa shape index (κ3) is 6.87. The molecule has 0 aromatic heterocycles. The van der Waals surface area contributed by atoms with Gasteiger partial charge in [0.2, 0.25) is 0 Å². The number of nitrogens with zero attached hydrogens (tertiary/aromatic N) is 1. The molecule has 1 heterocycles. The van der Waals surface area contributed by atoms with Gasteiger partial charge >= 0.3 is 0 Å². The monoisotopic (exact) mass is 523 g/mol. The number of rotatable bonds is 8. The van der Waals surface area contributed by atoms with E-state index in [9.17, 15) is 0 Å². The summed E-state index contributed by atoms with van der Waals surface area (Å²) >= 11 is 0. The third-order valence-corrected chi connectivity index (χ3v) is 5.15. The summed E-state index contributed by atoms with van der Waals surface area (Å²) in [7, 11) is 0. The maximum atomic E-state index is 6.01. The van der Waals surface area contributed by atoms with Crippen molar-refractivity contribution < 1.29 is 9.47 Å². The Labute approximate surface area is 197 Å². The maximum absolute atomic E-state index is 6.01. The van der Waals surface area contributed by atoms with Crippen molar-refractivity contribution in [3.05, 3.63) is 65.2 Å². The van der Waals surface area contributed by atoms with Gasteiger partial charge in [-0.15, -0.1) is 24.0 Å². The zero-order valence-corrected chi connectivity index (χ0v) is 20.5. The Morgan fingerprint density at radius 1 is 1.13 bits per heavy atom. The van der Waals surface area contributed by atoms with Gasteiger partial charge in [0.25, 0.3) is 0 Å². The molecule has 1 aliphatic heterocycles. The van der Waals surface area contributed by atoms with Crippen LogP contribution in [0.3, 0.4) is 0 Å². The van der Waals surface area contributed by atoms with Gasteiger partial charge in [0.15, 0.2) is 5.96 Å². The SMILES string of the molecule is CCNC(=NCc1ccc(C)cc1OCC)NCC1CCOC1c1ccccc1.I. The van der Waals surface area contributed by atoms with Gasteiger partial charge in [-0.1, -0.05) is 42.5 Å². The Balaban J connectivity index is 0.00000320. The zero-order chi connectivity index (χ0) is 20.5. The largest absolute Gasteiger partial charge is 0.494 e. The summed E-state index contributed by atoms with van der Waals surface area (Å²) in [6.45, 7) is 9.86. The molecule has 1 aliphatic rings. The van der Waals surface area contributed by atoms with Crippen molar-refractivity contribution in [1.29, 1.82) is 0 Å². The molecule has 5 nitrogen and oxygen atoms in total. The molecule has 0 saturated carbocycles. The number of ether oxygens (including phenoxy) is 2. The number of guanidine groups is 1. The molecule has 6 heteroatoms. The van der Waals surface area contributed by atoms with Crippen molar-refractivity contribution >= 4 is 29.9 Å². The second kappa shape index (κ2) is 12.8. The van der Waals surface area contributed by atoms with Crippen molar-refractivity contribution in [1.82, 2.24) is 10.6 Å². The highest BCUT2D eigenvalue weighted by atomic mass is 127. The molecule has 1 fully saturated rings. The van der Waals surface area contributed by atoms with Crippen molar-refractivity contribution in [3.63, 3.8) is 0 Å². The number of aryl methyl sites for hydroxylation is 1. The van der Waals surface area contributed by atoms with Crippen LogP contribution in [0, 0.1) is 12.8 Å². The van der Waals surface area contributed by atoms with Crippen molar-refractivity contribution in [2.75, 3.05) is 26.3 Å². The topological polar surface area (TPSA) is 54.9 Å². The first-order chi connectivity index (χ1) is 14.2. The highest BCUT2D eigenvalue weighted by molar-refractivity contribution is 14.0. The van der Waals surface area contributed by atoms with E-state index in [4.69, 9.17) is 14.5 Å². The lowest BCUT2D eigenvalue weighted by molar-refractivity contribution is 0.0915. The lowest BCUT2D eigenvalue weighted by Crippen LogP contribution is -2.40. The Hall–Kier alpha value is -1.80. The fourth-order valence-electron chi connectivity index (χ4n) is 3.67.